The number of nitrogens with one attached hydrogen (secondary N) is 2. The molecule has 0 fully saturated rings. The molecule has 2 rings (SSSR count). The summed E-state index contributed by atoms with van der Waals surface area (Å²) in [6.45, 7) is 4.21. The van der Waals surface area contributed by atoms with Crippen molar-refractivity contribution in [3.63, 3.8) is 0 Å². The summed E-state index contributed by atoms with van der Waals surface area (Å²) in [4.78, 5) is 13.1. The number of hydrogen-bond donors (Lipinski definition) is 2. The molecule has 24 heavy (non-hydrogen) atoms. The number of rotatable bonds is 6. The molecule has 0 bridgehead atoms. The molecule has 0 aliphatic heterocycles. The second kappa shape index (κ2) is 7.81. The number of thiophene rings is 1. The van der Waals surface area contributed by atoms with Crippen LogP contribution in [0.4, 0.5) is 18.9 Å². The Morgan fingerprint density at radius 2 is 1.83 bits per heavy atom. The highest BCUT2D eigenvalue weighted by molar-refractivity contribution is 7.10. The number of hydrogen-bond acceptors (Lipinski definition) is 3. The fourth-order valence-electron chi connectivity index (χ4n) is 2.28. The van der Waals surface area contributed by atoms with E-state index in [-0.39, 0.29) is 18.5 Å². The Morgan fingerprint density at radius 1 is 1.17 bits per heavy atom. The average Bonchev–Trinajstić information content (AvgIpc) is 3.00. The topological polar surface area (TPSA) is 41.1 Å². The first-order valence-electron chi connectivity index (χ1n) is 7.51. The number of carbonyl (C=O) groups excluding carboxylic acids is 1. The van der Waals surface area contributed by atoms with Crippen LogP contribution < -0.4 is 10.6 Å². The lowest BCUT2D eigenvalue weighted by Gasteiger charge is -2.21. The van der Waals surface area contributed by atoms with Crippen LogP contribution in [0.5, 0.6) is 0 Å². The largest absolute Gasteiger partial charge is 0.416 e. The maximum Gasteiger partial charge on any atom is 0.416 e. The summed E-state index contributed by atoms with van der Waals surface area (Å²) in [7, 11) is 0. The number of carbonyl (C=O) groups is 1. The van der Waals surface area contributed by atoms with Gasteiger partial charge in [-0.15, -0.1) is 11.3 Å². The van der Waals surface area contributed by atoms with Crippen LogP contribution in [-0.2, 0) is 11.0 Å². The lowest BCUT2D eigenvalue weighted by Crippen LogP contribution is -2.33. The van der Waals surface area contributed by atoms with Crippen molar-refractivity contribution in [2.75, 3.05) is 11.9 Å². The van der Waals surface area contributed by atoms with Crippen molar-refractivity contribution in [1.29, 1.82) is 0 Å². The summed E-state index contributed by atoms with van der Waals surface area (Å²) in [6.07, 6.45) is -4.38. The summed E-state index contributed by atoms with van der Waals surface area (Å²) in [5.41, 5.74) is -0.400. The third-order valence-corrected chi connectivity index (χ3v) is 4.45. The molecule has 1 heterocycles. The van der Waals surface area contributed by atoms with E-state index in [0.717, 1.165) is 17.0 Å². The van der Waals surface area contributed by atoms with Crippen molar-refractivity contribution in [2.24, 2.45) is 5.92 Å². The molecule has 0 aliphatic rings. The SMILES string of the molecule is CC(C)C(NCC(=O)Nc1ccc(C(F)(F)F)cc1)c1cccs1. The van der Waals surface area contributed by atoms with Gasteiger partial charge in [0.1, 0.15) is 0 Å². The van der Waals surface area contributed by atoms with Gasteiger partial charge >= 0.3 is 6.18 Å². The summed E-state index contributed by atoms with van der Waals surface area (Å²) >= 11 is 1.62. The first-order chi connectivity index (χ1) is 11.3. The van der Waals surface area contributed by atoms with Gasteiger partial charge in [-0.05, 0) is 41.6 Å². The molecule has 2 aromatic rings. The van der Waals surface area contributed by atoms with Gasteiger partial charge in [0.15, 0.2) is 0 Å². The Labute approximate surface area is 142 Å². The van der Waals surface area contributed by atoms with E-state index in [0.29, 0.717) is 11.6 Å². The molecule has 1 aromatic carbocycles. The van der Waals surface area contributed by atoms with Crippen LogP contribution in [0.25, 0.3) is 0 Å². The van der Waals surface area contributed by atoms with E-state index < -0.39 is 11.7 Å². The number of anilines is 1. The maximum absolute atomic E-state index is 12.5. The second-order valence-electron chi connectivity index (χ2n) is 5.74. The lowest BCUT2D eigenvalue weighted by atomic mass is 10.0. The molecule has 0 saturated heterocycles. The number of amides is 1. The Hall–Kier alpha value is -1.86. The summed E-state index contributed by atoms with van der Waals surface area (Å²) in [5, 5.41) is 7.77. The van der Waals surface area contributed by atoms with E-state index in [1.54, 1.807) is 11.3 Å². The van der Waals surface area contributed by atoms with E-state index >= 15 is 0 Å². The molecule has 0 radical (unpaired) electrons. The number of alkyl halides is 3. The molecule has 1 atom stereocenters. The fourth-order valence-corrected chi connectivity index (χ4v) is 3.26. The van der Waals surface area contributed by atoms with Crippen LogP contribution in [0.15, 0.2) is 41.8 Å². The Kier molecular flexibility index (Phi) is 6.01. The van der Waals surface area contributed by atoms with Gasteiger partial charge in [0.2, 0.25) is 5.91 Å². The summed E-state index contributed by atoms with van der Waals surface area (Å²) in [5.74, 6) is 0.0134. The Bertz CT molecular complexity index is 651. The molecule has 1 aromatic heterocycles. The van der Waals surface area contributed by atoms with Crippen LogP contribution in [0.2, 0.25) is 0 Å². The van der Waals surface area contributed by atoms with Gasteiger partial charge in [-0.25, -0.2) is 0 Å². The van der Waals surface area contributed by atoms with E-state index in [1.807, 2.05) is 17.5 Å². The molecule has 0 aliphatic carbocycles. The normalized spacial score (nSPS) is 13.1. The minimum absolute atomic E-state index is 0.0587. The van der Waals surface area contributed by atoms with Crippen molar-refractivity contribution in [1.82, 2.24) is 5.32 Å². The van der Waals surface area contributed by atoms with Gasteiger partial charge in [-0.2, -0.15) is 13.2 Å². The summed E-state index contributed by atoms with van der Waals surface area (Å²) in [6, 6.07) is 8.43. The highest BCUT2D eigenvalue weighted by atomic mass is 32.1. The van der Waals surface area contributed by atoms with Crippen molar-refractivity contribution in [2.45, 2.75) is 26.1 Å². The van der Waals surface area contributed by atoms with Gasteiger partial charge < -0.3 is 10.6 Å². The van der Waals surface area contributed by atoms with Crippen LogP contribution >= 0.6 is 11.3 Å². The molecule has 0 saturated carbocycles. The van der Waals surface area contributed by atoms with E-state index in [2.05, 4.69) is 24.5 Å². The van der Waals surface area contributed by atoms with Gasteiger partial charge in [-0.3, -0.25) is 4.79 Å². The zero-order chi connectivity index (χ0) is 17.7. The van der Waals surface area contributed by atoms with Crippen LogP contribution in [0.1, 0.15) is 30.3 Å². The van der Waals surface area contributed by atoms with Crippen molar-refractivity contribution in [3.05, 3.63) is 52.2 Å². The molecule has 3 nitrogen and oxygen atoms in total. The second-order valence-corrected chi connectivity index (χ2v) is 6.72. The highest BCUT2D eigenvalue weighted by Crippen LogP contribution is 2.30. The zero-order valence-corrected chi connectivity index (χ0v) is 14.2. The number of benzene rings is 1. The first-order valence-corrected chi connectivity index (χ1v) is 8.39. The maximum atomic E-state index is 12.5. The predicted molar refractivity (Wildman–Crippen MR) is 90.0 cm³/mol. The van der Waals surface area contributed by atoms with Crippen molar-refractivity contribution >= 4 is 22.9 Å². The van der Waals surface area contributed by atoms with Gasteiger partial charge in [0, 0.05) is 16.6 Å². The van der Waals surface area contributed by atoms with Gasteiger partial charge in [0.25, 0.3) is 0 Å². The molecule has 0 spiro atoms. The Balaban J connectivity index is 1.91. The van der Waals surface area contributed by atoms with E-state index in [9.17, 15) is 18.0 Å². The molecule has 2 N–H and O–H groups in total. The van der Waals surface area contributed by atoms with Crippen molar-refractivity contribution < 1.29 is 18.0 Å². The third-order valence-electron chi connectivity index (χ3n) is 3.49. The standard InChI is InChI=1S/C17H19F3N2OS/c1-11(2)16(14-4-3-9-24-14)21-10-15(23)22-13-7-5-12(6-8-13)17(18,19)20/h3-9,11,16,21H,10H2,1-2H3,(H,22,23). The number of halogens is 3. The zero-order valence-electron chi connectivity index (χ0n) is 13.4. The highest BCUT2D eigenvalue weighted by Gasteiger charge is 2.30. The minimum Gasteiger partial charge on any atom is -0.325 e. The predicted octanol–water partition coefficient (Wildman–Crippen LogP) is 4.69. The van der Waals surface area contributed by atoms with Crippen LogP contribution in [0, 0.1) is 5.92 Å². The van der Waals surface area contributed by atoms with Crippen LogP contribution in [0.3, 0.4) is 0 Å². The lowest BCUT2D eigenvalue weighted by molar-refractivity contribution is -0.137. The summed E-state index contributed by atoms with van der Waals surface area (Å²) < 4.78 is 37.5. The molecular formula is C17H19F3N2OS. The molecule has 7 heteroatoms. The van der Waals surface area contributed by atoms with E-state index in [1.165, 1.54) is 12.1 Å². The molecular weight excluding hydrogens is 337 g/mol. The van der Waals surface area contributed by atoms with E-state index in [4.69, 9.17) is 0 Å². The average molecular weight is 356 g/mol. The molecule has 130 valence electrons. The fraction of sp³-hybridized carbons (Fsp3) is 0.353. The quantitative estimate of drug-likeness (QED) is 0.788. The van der Waals surface area contributed by atoms with Crippen molar-refractivity contribution in [3.8, 4) is 0 Å². The monoisotopic (exact) mass is 356 g/mol. The minimum atomic E-state index is -4.38. The first kappa shape index (κ1) is 18.5. The van der Waals surface area contributed by atoms with Gasteiger partial charge in [-0.1, -0.05) is 19.9 Å². The molecule has 1 unspecified atom stereocenters. The van der Waals surface area contributed by atoms with Crippen LogP contribution in [-0.4, -0.2) is 12.5 Å². The third kappa shape index (κ3) is 5.07. The molecule has 1 amide bonds. The van der Waals surface area contributed by atoms with Gasteiger partial charge in [0.05, 0.1) is 12.1 Å². The smallest absolute Gasteiger partial charge is 0.325 e. The Morgan fingerprint density at radius 3 is 2.33 bits per heavy atom.